The zero-order chi connectivity index (χ0) is 14.8. The van der Waals surface area contributed by atoms with Crippen LogP contribution in [0.5, 0.6) is 5.75 Å². The van der Waals surface area contributed by atoms with Gasteiger partial charge in [0.15, 0.2) is 0 Å². The molecule has 1 aromatic rings. The maximum absolute atomic E-state index is 12.2. The van der Waals surface area contributed by atoms with Gasteiger partial charge in [-0.15, -0.1) is 13.2 Å². The van der Waals surface area contributed by atoms with Gasteiger partial charge < -0.3 is 15.2 Å². The third-order valence-electron chi connectivity index (χ3n) is 3.34. The van der Waals surface area contributed by atoms with Gasteiger partial charge in [0, 0.05) is 19.3 Å². The third kappa shape index (κ3) is 4.01. The molecule has 0 aliphatic carbocycles. The molecule has 112 valence electrons. The van der Waals surface area contributed by atoms with Gasteiger partial charge in [-0.05, 0) is 36.5 Å². The molecule has 1 aliphatic rings. The fraction of sp³-hybridized carbons (Fsp3) is 0.538. The molecule has 20 heavy (non-hydrogen) atoms. The quantitative estimate of drug-likeness (QED) is 0.926. The Labute approximate surface area is 119 Å². The van der Waals surface area contributed by atoms with Gasteiger partial charge in [0.25, 0.3) is 0 Å². The van der Waals surface area contributed by atoms with Crippen molar-refractivity contribution in [3.8, 4) is 5.75 Å². The second-order valence-electron chi connectivity index (χ2n) is 4.71. The van der Waals surface area contributed by atoms with Gasteiger partial charge in [-0.1, -0.05) is 17.7 Å². The Bertz CT molecular complexity index is 461. The van der Waals surface area contributed by atoms with Crippen LogP contribution in [0.25, 0.3) is 0 Å². The van der Waals surface area contributed by atoms with E-state index in [0.717, 1.165) is 12.8 Å². The van der Waals surface area contributed by atoms with Gasteiger partial charge in [-0.3, -0.25) is 0 Å². The summed E-state index contributed by atoms with van der Waals surface area (Å²) in [6.07, 6.45) is -3.09. The van der Waals surface area contributed by atoms with E-state index in [1.165, 1.54) is 18.2 Å². The molecule has 0 aromatic heterocycles. The maximum atomic E-state index is 12.2. The highest BCUT2D eigenvalue weighted by molar-refractivity contribution is 6.32. The summed E-state index contributed by atoms with van der Waals surface area (Å²) >= 11 is 5.81. The number of benzene rings is 1. The lowest BCUT2D eigenvalue weighted by molar-refractivity contribution is -0.274. The lowest BCUT2D eigenvalue weighted by Crippen LogP contribution is -2.27. The van der Waals surface area contributed by atoms with Gasteiger partial charge in [-0.2, -0.15) is 0 Å². The molecular formula is C13H15ClF3NO2. The lowest BCUT2D eigenvalue weighted by Gasteiger charge is -2.28. The van der Waals surface area contributed by atoms with Crippen LogP contribution in [0.15, 0.2) is 18.2 Å². The Hall–Kier alpha value is -0.980. The summed E-state index contributed by atoms with van der Waals surface area (Å²) in [6, 6.07) is 3.89. The molecule has 1 aromatic carbocycles. The van der Waals surface area contributed by atoms with Crippen molar-refractivity contribution in [1.82, 2.24) is 0 Å². The van der Waals surface area contributed by atoms with Crippen molar-refractivity contribution in [1.29, 1.82) is 0 Å². The van der Waals surface area contributed by atoms with Crippen molar-refractivity contribution in [2.24, 2.45) is 11.7 Å². The maximum Gasteiger partial charge on any atom is 0.573 e. The average molecular weight is 310 g/mol. The van der Waals surface area contributed by atoms with E-state index >= 15 is 0 Å². The topological polar surface area (TPSA) is 44.5 Å². The first-order chi connectivity index (χ1) is 9.37. The van der Waals surface area contributed by atoms with E-state index in [1.807, 2.05) is 0 Å². The molecule has 3 nitrogen and oxygen atoms in total. The minimum atomic E-state index is -4.76. The molecule has 0 spiro atoms. The van der Waals surface area contributed by atoms with E-state index in [0.29, 0.717) is 18.8 Å². The van der Waals surface area contributed by atoms with Crippen molar-refractivity contribution in [2.75, 3.05) is 13.2 Å². The summed E-state index contributed by atoms with van der Waals surface area (Å²) in [5.74, 6) is -0.170. The molecule has 1 heterocycles. The number of hydrogen-bond acceptors (Lipinski definition) is 3. The number of halogens is 4. The van der Waals surface area contributed by atoms with Crippen LogP contribution in [-0.4, -0.2) is 19.6 Å². The molecule has 1 fully saturated rings. The molecule has 0 radical (unpaired) electrons. The molecular weight excluding hydrogens is 295 g/mol. The number of hydrogen-bond donors (Lipinski definition) is 1. The highest BCUT2D eigenvalue weighted by Crippen LogP contribution is 2.34. The van der Waals surface area contributed by atoms with E-state index in [9.17, 15) is 13.2 Å². The summed E-state index contributed by atoms with van der Waals surface area (Å²) in [4.78, 5) is 0. The SMILES string of the molecule is N[C@H](c1ccc(OC(F)(F)F)c(Cl)c1)C1CCOCC1. The third-order valence-corrected chi connectivity index (χ3v) is 3.64. The standard InChI is InChI=1S/C13H15ClF3NO2/c14-10-7-9(1-2-11(10)20-13(15,16)17)12(18)8-3-5-19-6-4-8/h1-2,7-8,12H,3-6,18H2/t12-/m0/s1. The summed E-state index contributed by atoms with van der Waals surface area (Å²) in [7, 11) is 0. The number of nitrogens with two attached hydrogens (primary N) is 1. The van der Waals surface area contributed by atoms with Crippen LogP contribution in [0.1, 0.15) is 24.4 Å². The Kier molecular flexibility index (Phi) is 4.78. The predicted molar refractivity (Wildman–Crippen MR) is 68.6 cm³/mol. The zero-order valence-corrected chi connectivity index (χ0v) is 11.4. The van der Waals surface area contributed by atoms with Crippen molar-refractivity contribution < 1.29 is 22.6 Å². The van der Waals surface area contributed by atoms with Gasteiger partial charge in [0.2, 0.25) is 0 Å². The summed E-state index contributed by atoms with van der Waals surface area (Å²) in [5, 5.41) is -0.0951. The van der Waals surface area contributed by atoms with Crippen molar-refractivity contribution in [2.45, 2.75) is 25.2 Å². The minimum Gasteiger partial charge on any atom is -0.404 e. The average Bonchev–Trinajstić information content (AvgIpc) is 2.40. The van der Waals surface area contributed by atoms with Gasteiger partial charge in [-0.25, -0.2) is 0 Å². The number of alkyl halides is 3. The summed E-state index contributed by atoms with van der Waals surface area (Å²) in [6.45, 7) is 1.31. The zero-order valence-electron chi connectivity index (χ0n) is 10.6. The van der Waals surface area contributed by atoms with Crippen LogP contribution >= 0.6 is 11.6 Å². The fourth-order valence-electron chi connectivity index (χ4n) is 2.28. The van der Waals surface area contributed by atoms with Crippen LogP contribution in [-0.2, 0) is 4.74 Å². The first-order valence-corrected chi connectivity index (χ1v) is 6.63. The van der Waals surface area contributed by atoms with Gasteiger partial charge >= 0.3 is 6.36 Å². The van der Waals surface area contributed by atoms with E-state index in [4.69, 9.17) is 22.1 Å². The molecule has 1 atom stereocenters. The van der Waals surface area contributed by atoms with Crippen LogP contribution in [0.4, 0.5) is 13.2 Å². The molecule has 7 heteroatoms. The van der Waals surface area contributed by atoms with E-state index < -0.39 is 12.1 Å². The van der Waals surface area contributed by atoms with Crippen LogP contribution in [0.3, 0.4) is 0 Å². The number of ether oxygens (including phenoxy) is 2. The van der Waals surface area contributed by atoms with Crippen LogP contribution in [0.2, 0.25) is 5.02 Å². The minimum absolute atomic E-state index is 0.0951. The highest BCUT2D eigenvalue weighted by Gasteiger charge is 2.32. The Morgan fingerprint density at radius 1 is 1.30 bits per heavy atom. The molecule has 0 unspecified atom stereocenters. The molecule has 2 N–H and O–H groups in total. The molecule has 0 bridgehead atoms. The van der Waals surface area contributed by atoms with Crippen molar-refractivity contribution >= 4 is 11.6 Å². The smallest absolute Gasteiger partial charge is 0.404 e. The molecule has 1 aliphatic heterocycles. The molecule has 0 saturated carbocycles. The van der Waals surface area contributed by atoms with E-state index in [1.54, 1.807) is 0 Å². The van der Waals surface area contributed by atoms with Crippen LogP contribution < -0.4 is 10.5 Å². The highest BCUT2D eigenvalue weighted by atomic mass is 35.5. The van der Waals surface area contributed by atoms with E-state index in [-0.39, 0.29) is 17.0 Å². The summed E-state index contributed by atoms with van der Waals surface area (Å²) < 4.78 is 45.5. The second-order valence-corrected chi connectivity index (χ2v) is 5.12. The monoisotopic (exact) mass is 309 g/mol. The largest absolute Gasteiger partial charge is 0.573 e. The van der Waals surface area contributed by atoms with Crippen LogP contribution in [0, 0.1) is 5.92 Å². The Balaban J connectivity index is 2.11. The number of rotatable bonds is 3. The molecule has 0 amide bonds. The predicted octanol–water partition coefficient (Wildman–Crippen LogP) is 3.67. The second kappa shape index (κ2) is 6.20. The Morgan fingerprint density at radius 2 is 1.95 bits per heavy atom. The van der Waals surface area contributed by atoms with Gasteiger partial charge in [0.1, 0.15) is 5.75 Å². The summed E-state index contributed by atoms with van der Waals surface area (Å²) in [5.41, 5.74) is 6.84. The lowest BCUT2D eigenvalue weighted by atomic mass is 9.88. The normalized spacial score (nSPS) is 18.9. The Morgan fingerprint density at radius 3 is 2.50 bits per heavy atom. The first-order valence-electron chi connectivity index (χ1n) is 6.25. The van der Waals surface area contributed by atoms with Crippen molar-refractivity contribution in [3.05, 3.63) is 28.8 Å². The fourth-order valence-corrected chi connectivity index (χ4v) is 2.51. The van der Waals surface area contributed by atoms with E-state index in [2.05, 4.69) is 4.74 Å². The van der Waals surface area contributed by atoms with Crippen molar-refractivity contribution in [3.63, 3.8) is 0 Å². The molecule has 2 rings (SSSR count). The van der Waals surface area contributed by atoms with Gasteiger partial charge in [0.05, 0.1) is 5.02 Å². The molecule has 1 saturated heterocycles. The first kappa shape index (κ1) is 15.4.